The van der Waals surface area contributed by atoms with Gasteiger partial charge < -0.3 is 15.5 Å². The highest BCUT2D eigenvalue weighted by atomic mass is 35.5. The Morgan fingerprint density at radius 2 is 1.72 bits per heavy atom. The highest BCUT2D eigenvalue weighted by molar-refractivity contribution is 6.31. The number of phenols is 2. The third-order valence-electron chi connectivity index (χ3n) is 2.33. The van der Waals surface area contributed by atoms with Gasteiger partial charge >= 0.3 is 0 Å². The molecule has 0 aromatic heterocycles. The largest absolute Gasteiger partial charge is 0.508 e. The molecular formula is C13H10ClNO3. The van der Waals surface area contributed by atoms with Gasteiger partial charge in [0.15, 0.2) is 0 Å². The van der Waals surface area contributed by atoms with E-state index in [9.17, 15) is 9.90 Å². The van der Waals surface area contributed by atoms with Crippen LogP contribution in [0.1, 0.15) is 10.4 Å². The van der Waals surface area contributed by atoms with E-state index < -0.39 is 5.91 Å². The highest BCUT2D eigenvalue weighted by Crippen LogP contribution is 2.23. The summed E-state index contributed by atoms with van der Waals surface area (Å²) in [5, 5.41) is 21.6. The maximum atomic E-state index is 11.9. The Morgan fingerprint density at radius 1 is 1.06 bits per heavy atom. The monoisotopic (exact) mass is 263 g/mol. The third-order valence-corrected chi connectivity index (χ3v) is 2.56. The molecule has 0 fully saturated rings. The molecule has 0 unspecified atom stereocenters. The Bertz CT molecular complexity index is 581. The van der Waals surface area contributed by atoms with Gasteiger partial charge in [-0.05, 0) is 42.5 Å². The SMILES string of the molecule is O=C(Nc1ccc(O)cc1)c1cc(Cl)ccc1O. The molecule has 92 valence electrons. The van der Waals surface area contributed by atoms with Gasteiger partial charge in [0, 0.05) is 10.7 Å². The number of hydrogen-bond acceptors (Lipinski definition) is 3. The first-order chi connectivity index (χ1) is 8.56. The van der Waals surface area contributed by atoms with Gasteiger partial charge in [-0.15, -0.1) is 0 Å². The van der Waals surface area contributed by atoms with Crippen LogP contribution in [-0.4, -0.2) is 16.1 Å². The fourth-order valence-corrected chi connectivity index (χ4v) is 1.61. The molecule has 0 bridgehead atoms. The Balaban J connectivity index is 2.21. The van der Waals surface area contributed by atoms with E-state index in [-0.39, 0.29) is 17.1 Å². The fourth-order valence-electron chi connectivity index (χ4n) is 1.43. The van der Waals surface area contributed by atoms with E-state index in [1.54, 1.807) is 12.1 Å². The summed E-state index contributed by atoms with van der Waals surface area (Å²) in [5.41, 5.74) is 0.604. The minimum atomic E-state index is -0.472. The second kappa shape index (κ2) is 4.98. The number of halogens is 1. The number of anilines is 1. The van der Waals surface area contributed by atoms with Crippen LogP contribution in [0.3, 0.4) is 0 Å². The predicted octanol–water partition coefficient (Wildman–Crippen LogP) is 3.00. The second-order valence-electron chi connectivity index (χ2n) is 3.66. The van der Waals surface area contributed by atoms with Crippen LogP contribution in [0.4, 0.5) is 5.69 Å². The standard InChI is InChI=1S/C13H10ClNO3/c14-8-1-6-12(17)11(7-8)13(18)15-9-2-4-10(16)5-3-9/h1-7,16-17H,(H,15,18). The summed E-state index contributed by atoms with van der Waals surface area (Å²) in [4.78, 5) is 11.9. The van der Waals surface area contributed by atoms with Gasteiger partial charge in [-0.1, -0.05) is 11.6 Å². The van der Waals surface area contributed by atoms with Crippen molar-refractivity contribution in [1.29, 1.82) is 0 Å². The molecule has 18 heavy (non-hydrogen) atoms. The quantitative estimate of drug-likeness (QED) is 0.730. The summed E-state index contributed by atoms with van der Waals surface area (Å²) in [6.45, 7) is 0. The normalized spacial score (nSPS) is 10.1. The van der Waals surface area contributed by atoms with E-state index in [1.807, 2.05) is 0 Å². The summed E-state index contributed by atoms with van der Waals surface area (Å²) < 4.78 is 0. The van der Waals surface area contributed by atoms with E-state index in [0.717, 1.165) is 0 Å². The molecule has 1 amide bonds. The molecule has 0 heterocycles. The number of nitrogens with one attached hydrogen (secondary N) is 1. The number of phenolic OH excluding ortho intramolecular Hbond substituents is 2. The number of hydrogen-bond donors (Lipinski definition) is 3. The Labute approximate surface area is 108 Å². The zero-order chi connectivity index (χ0) is 13.1. The van der Waals surface area contributed by atoms with E-state index in [4.69, 9.17) is 16.7 Å². The van der Waals surface area contributed by atoms with Crippen molar-refractivity contribution in [3.05, 3.63) is 53.1 Å². The summed E-state index contributed by atoms with van der Waals surface area (Å²) in [5.74, 6) is -0.505. The molecule has 2 rings (SSSR count). The molecule has 0 spiro atoms. The molecule has 5 heteroatoms. The number of amides is 1. The summed E-state index contributed by atoms with van der Waals surface area (Å²) in [7, 11) is 0. The summed E-state index contributed by atoms with van der Waals surface area (Å²) in [6, 6.07) is 10.2. The van der Waals surface area contributed by atoms with E-state index >= 15 is 0 Å². The van der Waals surface area contributed by atoms with Gasteiger partial charge in [0.2, 0.25) is 0 Å². The molecule has 3 N–H and O–H groups in total. The van der Waals surface area contributed by atoms with Crippen LogP contribution in [0.25, 0.3) is 0 Å². The van der Waals surface area contributed by atoms with Crippen molar-refractivity contribution in [2.75, 3.05) is 5.32 Å². The zero-order valence-electron chi connectivity index (χ0n) is 9.22. The minimum Gasteiger partial charge on any atom is -0.508 e. The fraction of sp³-hybridized carbons (Fsp3) is 0. The lowest BCUT2D eigenvalue weighted by atomic mass is 10.2. The highest BCUT2D eigenvalue weighted by Gasteiger charge is 2.11. The van der Waals surface area contributed by atoms with Crippen LogP contribution in [0.2, 0.25) is 5.02 Å². The molecule has 0 atom stereocenters. The lowest BCUT2D eigenvalue weighted by Gasteiger charge is -2.07. The molecule has 4 nitrogen and oxygen atoms in total. The number of carbonyl (C=O) groups excluding carboxylic acids is 1. The van der Waals surface area contributed by atoms with E-state index in [0.29, 0.717) is 10.7 Å². The average molecular weight is 264 g/mol. The first-order valence-corrected chi connectivity index (χ1v) is 5.53. The lowest BCUT2D eigenvalue weighted by Crippen LogP contribution is -2.11. The first kappa shape index (κ1) is 12.3. The van der Waals surface area contributed by atoms with Crippen molar-refractivity contribution >= 4 is 23.2 Å². The Kier molecular flexibility index (Phi) is 3.39. The molecule has 2 aromatic carbocycles. The molecule has 0 aliphatic heterocycles. The van der Waals surface area contributed by atoms with Gasteiger partial charge in [-0.2, -0.15) is 0 Å². The Morgan fingerprint density at radius 3 is 2.39 bits per heavy atom. The van der Waals surface area contributed by atoms with Crippen LogP contribution < -0.4 is 5.32 Å². The molecule has 0 aliphatic carbocycles. The van der Waals surface area contributed by atoms with Gasteiger partial charge in [-0.25, -0.2) is 0 Å². The van der Waals surface area contributed by atoms with Crippen molar-refractivity contribution in [2.45, 2.75) is 0 Å². The molecule has 0 aliphatic rings. The molecule has 0 saturated carbocycles. The molecular weight excluding hydrogens is 254 g/mol. The summed E-state index contributed by atoms with van der Waals surface area (Å²) >= 11 is 5.76. The van der Waals surface area contributed by atoms with Crippen molar-refractivity contribution in [1.82, 2.24) is 0 Å². The van der Waals surface area contributed by atoms with Crippen LogP contribution in [0, 0.1) is 0 Å². The number of rotatable bonds is 2. The van der Waals surface area contributed by atoms with Gasteiger partial charge in [-0.3, -0.25) is 4.79 Å². The Hall–Kier alpha value is -2.20. The van der Waals surface area contributed by atoms with Crippen molar-refractivity contribution in [3.63, 3.8) is 0 Å². The first-order valence-electron chi connectivity index (χ1n) is 5.15. The van der Waals surface area contributed by atoms with Crippen molar-refractivity contribution < 1.29 is 15.0 Å². The third kappa shape index (κ3) is 2.73. The molecule has 2 aromatic rings. The van der Waals surface area contributed by atoms with Crippen LogP contribution in [0.15, 0.2) is 42.5 Å². The minimum absolute atomic E-state index is 0.0931. The van der Waals surface area contributed by atoms with Gasteiger partial charge in [0.25, 0.3) is 5.91 Å². The number of carbonyl (C=O) groups is 1. The van der Waals surface area contributed by atoms with Gasteiger partial charge in [0.1, 0.15) is 11.5 Å². The van der Waals surface area contributed by atoms with Crippen LogP contribution in [-0.2, 0) is 0 Å². The summed E-state index contributed by atoms with van der Waals surface area (Å²) in [6.07, 6.45) is 0. The number of aromatic hydroxyl groups is 2. The van der Waals surface area contributed by atoms with E-state index in [2.05, 4.69) is 5.32 Å². The number of benzene rings is 2. The van der Waals surface area contributed by atoms with Crippen LogP contribution >= 0.6 is 11.6 Å². The van der Waals surface area contributed by atoms with Crippen molar-refractivity contribution in [2.24, 2.45) is 0 Å². The topological polar surface area (TPSA) is 69.6 Å². The maximum absolute atomic E-state index is 11.9. The van der Waals surface area contributed by atoms with Crippen LogP contribution in [0.5, 0.6) is 11.5 Å². The predicted molar refractivity (Wildman–Crippen MR) is 69.2 cm³/mol. The molecule has 0 saturated heterocycles. The van der Waals surface area contributed by atoms with Crippen molar-refractivity contribution in [3.8, 4) is 11.5 Å². The van der Waals surface area contributed by atoms with Gasteiger partial charge in [0.05, 0.1) is 5.56 Å². The average Bonchev–Trinajstić information content (AvgIpc) is 2.35. The molecule has 0 radical (unpaired) electrons. The zero-order valence-corrected chi connectivity index (χ0v) is 9.98. The smallest absolute Gasteiger partial charge is 0.259 e. The second-order valence-corrected chi connectivity index (χ2v) is 4.10. The van der Waals surface area contributed by atoms with E-state index in [1.165, 1.54) is 30.3 Å². The lowest BCUT2D eigenvalue weighted by molar-refractivity contribution is 0.102. The maximum Gasteiger partial charge on any atom is 0.259 e.